The molecular weight excluding hydrogens is 174 g/mol. The molecule has 74 valence electrons. The fourth-order valence-electron chi connectivity index (χ4n) is 2.08. The van der Waals surface area contributed by atoms with E-state index in [0.29, 0.717) is 0 Å². The first-order chi connectivity index (χ1) is 6.76. The quantitative estimate of drug-likeness (QED) is 0.665. The Morgan fingerprint density at radius 3 is 2.93 bits per heavy atom. The van der Waals surface area contributed by atoms with E-state index in [4.69, 9.17) is 0 Å². The summed E-state index contributed by atoms with van der Waals surface area (Å²) >= 11 is 0. The first-order valence-electron chi connectivity index (χ1n) is 5.10. The van der Waals surface area contributed by atoms with Crippen LogP contribution in [0.4, 0.5) is 5.69 Å². The number of carbonyl (C=O) groups is 1. The van der Waals surface area contributed by atoms with Crippen molar-refractivity contribution >= 4 is 12.0 Å². The minimum Gasteiger partial charge on any atom is -0.371 e. The lowest BCUT2D eigenvalue weighted by atomic mass is 10.0. The van der Waals surface area contributed by atoms with Crippen LogP contribution < -0.4 is 4.90 Å². The molecule has 2 rings (SSSR count). The smallest absolute Gasteiger partial charge is 0.150 e. The molecule has 14 heavy (non-hydrogen) atoms. The largest absolute Gasteiger partial charge is 0.371 e. The van der Waals surface area contributed by atoms with Crippen molar-refractivity contribution in [2.45, 2.75) is 20.3 Å². The summed E-state index contributed by atoms with van der Waals surface area (Å²) in [6.45, 7) is 6.30. The van der Waals surface area contributed by atoms with Gasteiger partial charge < -0.3 is 4.90 Å². The number of hydrogen-bond donors (Lipinski definition) is 0. The molecule has 0 radical (unpaired) electrons. The summed E-state index contributed by atoms with van der Waals surface area (Å²) in [6.07, 6.45) is 2.02. The van der Waals surface area contributed by atoms with E-state index >= 15 is 0 Å². The number of rotatable bonds is 2. The second kappa shape index (κ2) is 3.45. The lowest BCUT2D eigenvalue weighted by Crippen LogP contribution is -2.19. The Balaban J connectivity index is 2.49. The van der Waals surface area contributed by atoms with Crippen LogP contribution in [0.25, 0.3) is 0 Å². The third-order valence-electron chi connectivity index (χ3n) is 2.97. The molecule has 0 N–H and O–H groups in total. The van der Waals surface area contributed by atoms with Crippen molar-refractivity contribution in [1.82, 2.24) is 0 Å². The van der Waals surface area contributed by atoms with Gasteiger partial charge in [-0.05, 0) is 43.5 Å². The first kappa shape index (κ1) is 9.25. The number of carbonyl (C=O) groups excluding carboxylic acids is 1. The molecule has 0 unspecified atom stereocenters. The van der Waals surface area contributed by atoms with Crippen LogP contribution in [0, 0.1) is 6.92 Å². The predicted molar refractivity (Wildman–Crippen MR) is 58.2 cm³/mol. The maximum absolute atomic E-state index is 10.8. The third kappa shape index (κ3) is 1.31. The van der Waals surface area contributed by atoms with Crippen molar-refractivity contribution in [3.05, 3.63) is 28.8 Å². The molecule has 1 aromatic rings. The number of aryl methyl sites for hydroxylation is 1. The second-order valence-corrected chi connectivity index (χ2v) is 3.79. The summed E-state index contributed by atoms with van der Waals surface area (Å²) in [4.78, 5) is 13.1. The van der Waals surface area contributed by atoms with Gasteiger partial charge in [0.05, 0.1) is 0 Å². The Labute approximate surface area is 84.5 Å². The molecule has 0 saturated carbocycles. The van der Waals surface area contributed by atoms with Gasteiger partial charge in [-0.2, -0.15) is 0 Å². The van der Waals surface area contributed by atoms with E-state index in [2.05, 4.69) is 17.9 Å². The van der Waals surface area contributed by atoms with Gasteiger partial charge in [-0.15, -0.1) is 0 Å². The molecule has 1 heterocycles. The Kier molecular flexibility index (Phi) is 2.28. The van der Waals surface area contributed by atoms with Crippen molar-refractivity contribution in [2.75, 3.05) is 18.0 Å². The third-order valence-corrected chi connectivity index (χ3v) is 2.97. The fourth-order valence-corrected chi connectivity index (χ4v) is 2.08. The van der Waals surface area contributed by atoms with Crippen LogP contribution in [0.3, 0.4) is 0 Å². The van der Waals surface area contributed by atoms with E-state index in [0.717, 1.165) is 36.9 Å². The van der Waals surface area contributed by atoms with Gasteiger partial charge in [-0.1, -0.05) is 0 Å². The maximum atomic E-state index is 10.8. The summed E-state index contributed by atoms with van der Waals surface area (Å²) in [5.74, 6) is 0. The van der Waals surface area contributed by atoms with Crippen molar-refractivity contribution in [1.29, 1.82) is 0 Å². The summed E-state index contributed by atoms with van der Waals surface area (Å²) in [6, 6.07) is 4.17. The monoisotopic (exact) mass is 189 g/mol. The molecule has 2 nitrogen and oxygen atoms in total. The highest BCUT2D eigenvalue weighted by atomic mass is 16.1. The molecule has 0 amide bonds. The zero-order valence-corrected chi connectivity index (χ0v) is 8.71. The van der Waals surface area contributed by atoms with E-state index in [1.54, 1.807) is 0 Å². The molecule has 0 saturated heterocycles. The number of aldehydes is 1. The van der Waals surface area contributed by atoms with E-state index in [-0.39, 0.29) is 0 Å². The average Bonchev–Trinajstić information content (AvgIpc) is 2.58. The molecule has 0 aromatic heterocycles. The zero-order valence-electron chi connectivity index (χ0n) is 8.71. The molecule has 0 spiro atoms. The number of hydrogen-bond acceptors (Lipinski definition) is 2. The second-order valence-electron chi connectivity index (χ2n) is 3.79. The van der Waals surface area contributed by atoms with Gasteiger partial charge in [-0.3, -0.25) is 4.79 Å². The van der Waals surface area contributed by atoms with E-state index in [9.17, 15) is 4.79 Å². The standard InChI is InChI=1S/C12H15NO/c1-3-13-5-4-10-7-11(8-14)9(2)6-12(10)13/h6-8H,3-5H2,1-2H3. The number of anilines is 1. The summed E-state index contributed by atoms with van der Waals surface area (Å²) < 4.78 is 0. The van der Waals surface area contributed by atoms with Crippen LogP contribution in [-0.2, 0) is 6.42 Å². The maximum Gasteiger partial charge on any atom is 0.150 e. The number of nitrogens with zero attached hydrogens (tertiary/aromatic N) is 1. The molecule has 1 aliphatic heterocycles. The Morgan fingerprint density at radius 1 is 1.50 bits per heavy atom. The number of likely N-dealkylation sites (N-methyl/N-ethyl adjacent to an activating group) is 1. The Morgan fingerprint density at radius 2 is 2.29 bits per heavy atom. The van der Waals surface area contributed by atoms with Crippen LogP contribution in [0.2, 0.25) is 0 Å². The molecule has 0 aliphatic carbocycles. The first-order valence-corrected chi connectivity index (χ1v) is 5.10. The summed E-state index contributed by atoms with van der Waals surface area (Å²) in [7, 11) is 0. The van der Waals surface area contributed by atoms with Gasteiger partial charge in [0.15, 0.2) is 0 Å². The lowest BCUT2D eigenvalue weighted by molar-refractivity contribution is 0.112. The van der Waals surface area contributed by atoms with Gasteiger partial charge in [0.1, 0.15) is 6.29 Å². The minimum atomic E-state index is 0.835. The zero-order chi connectivity index (χ0) is 10.1. The number of benzene rings is 1. The normalized spacial score (nSPS) is 14.3. The van der Waals surface area contributed by atoms with Crippen LogP contribution in [-0.4, -0.2) is 19.4 Å². The van der Waals surface area contributed by atoms with Crippen LogP contribution in [0.5, 0.6) is 0 Å². The van der Waals surface area contributed by atoms with Gasteiger partial charge in [0.25, 0.3) is 0 Å². The van der Waals surface area contributed by atoms with Gasteiger partial charge in [0.2, 0.25) is 0 Å². The molecule has 0 fully saturated rings. The van der Waals surface area contributed by atoms with E-state index in [1.165, 1.54) is 11.3 Å². The molecular formula is C12H15NO. The van der Waals surface area contributed by atoms with Crippen LogP contribution in [0.15, 0.2) is 12.1 Å². The highest BCUT2D eigenvalue weighted by molar-refractivity contribution is 5.80. The van der Waals surface area contributed by atoms with E-state index < -0.39 is 0 Å². The van der Waals surface area contributed by atoms with Crippen LogP contribution in [0.1, 0.15) is 28.4 Å². The summed E-state index contributed by atoms with van der Waals surface area (Å²) in [5.41, 5.74) is 4.55. The average molecular weight is 189 g/mol. The van der Waals surface area contributed by atoms with Crippen molar-refractivity contribution in [2.24, 2.45) is 0 Å². The Hall–Kier alpha value is -1.31. The molecule has 0 atom stereocenters. The SMILES string of the molecule is CCN1CCc2cc(C=O)c(C)cc21. The van der Waals surface area contributed by atoms with Gasteiger partial charge >= 0.3 is 0 Å². The summed E-state index contributed by atoms with van der Waals surface area (Å²) in [5, 5.41) is 0. The molecule has 0 bridgehead atoms. The van der Waals surface area contributed by atoms with Crippen molar-refractivity contribution in [3.63, 3.8) is 0 Å². The van der Waals surface area contributed by atoms with Crippen molar-refractivity contribution < 1.29 is 4.79 Å². The molecule has 1 aromatic carbocycles. The highest BCUT2D eigenvalue weighted by Crippen LogP contribution is 2.29. The van der Waals surface area contributed by atoms with Crippen LogP contribution >= 0.6 is 0 Å². The lowest BCUT2D eigenvalue weighted by Gasteiger charge is -2.17. The number of fused-ring (bicyclic) bond motifs is 1. The predicted octanol–water partition coefficient (Wildman–Crippen LogP) is 2.19. The minimum absolute atomic E-state index is 0.835. The van der Waals surface area contributed by atoms with Gasteiger partial charge in [0, 0.05) is 24.3 Å². The molecule has 1 aliphatic rings. The Bertz CT molecular complexity index is 371. The highest BCUT2D eigenvalue weighted by Gasteiger charge is 2.18. The topological polar surface area (TPSA) is 20.3 Å². The molecule has 2 heteroatoms. The van der Waals surface area contributed by atoms with Crippen molar-refractivity contribution in [3.8, 4) is 0 Å². The fraction of sp³-hybridized carbons (Fsp3) is 0.417. The van der Waals surface area contributed by atoms with Gasteiger partial charge in [-0.25, -0.2) is 0 Å². The van der Waals surface area contributed by atoms with E-state index in [1.807, 2.05) is 13.0 Å².